The summed E-state index contributed by atoms with van der Waals surface area (Å²) < 4.78 is 6.38. The average molecular weight is 351 g/mol. The van der Waals surface area contributed by atoms with Crippen LogP contribution < -0.4 is 21.3 Å². The maximum Gasteiger partial charge on any atom is 0.257 e. The number of allylic oxidation sites excluding steroid dienone is 1. The van der Waals surface area contributed by atoms with Crippen molar-refractivity contribution >= 4 is 26.8 Å². The van der Waals surface area contributed by atoms with Crippen LogP contribution in [0, 0.1) is 11.3 Å². The van der Waals surface area contributed by atoms with Crippen molar-refractivity contribution in [3.63, 3.8) is 0 Å². The largest absolute Gasteiger partial charge is 0.438 e. The van der Waals surface area contributed by atoms with Crippen LogP contribution in [0.2, 0.25) is 0 Å². The van der Waals surface area contributed by atoms with Gasteiger partial charge in [-0.05, 0) is 5.56 Å². The minimum absolute atomic E-state index is 0.00941. The molecule has 0 saturated heterocycles. The van der Waals surface area contributed by atoms with Gasteiger partial charge in [-0.1, -0.05) is 41.7 Å². The Morgan fingerprint density at radius 1 is 1.40 bits per heavy atom. The number of thiazole rings is 1. The topological polar surface area (TPSA) is 117 Å². The van der Waals surface area contributed by atoms with E-state index in [2.05, 4.69) is 21.4 Å². The van der Waals surface area contributed by atoms with Crippen molar-refractivity contribution in [2.24, 2.45) is 5.73 Å². The van der Waals surface area contributed by atoms with E-state index in [1.54, 1.807) is 7.05 Å². The van der Waals surface area contributed by atoms with Crippen LogP contribution >= 0.6 is 11.3 Å². The Balaban J connectivity index is 2.07. The third-order valence-electron chi connectivity index (χ3n) is 4.08. The van der Waals surface area contributed by atoms with E-state index in [1.807, 2.05) is 30.3 Å². The molecular weight excluding hydrogens is 338 g/mol. The van der Waals surface area contributed by atoms with Crippen molar-refractivity contribution in [1.82, 2.24) is 9.97 Å². The van der Waals surface area contributed by atoms with Gasteiger partial charge in [-0.25, -0.2) is 4.98 Å². The highest BCUT2D eigenvalue weighted by Crippen LogP contribution is 2.44. The summed E-state index contributed by atoms with van der Waals surface area (Å²) in [5.41, 5.74) is 7.49. The number of hydrogen-bond acceptors (Lipinski definition) is 7. The predicted octanol–water partition coefficient (Wildman–Crippen LogP) is 2.24. The van der Waals surface area contributed by atoms with Crippen molar-refractivity contribution < 1.29 is 4.74 Å². The number of nitrogens with one attached hydrogen (secondary N) is 2. The average Bonchev–Trinajstić information content (AvgIpc) is 3.04. The predicted molar refractivity (Wildman–Crippen MR) is 95.5 cm³/mol. The zero-order valence-corrected chi connectivity index (χ0v) is 14.0. The number of rotatable bonds is 2. The molecular formula is C17H13N5O2S. The number of nitriles is 1. The Morgan fingerprint density at radius 3 is 2.84 bits per heavy atom. The zero-order chi connectivity index (χ0) is 17.6. The van der Waals surface area contributed by atoms with Crippen LogP contribution in [-0.4, -0.2) is 17.0 Å². The number of aromatic nitrogens is 2. The fourth-order valence-electron chi connectivity index (χ4n) is 2.98. The number of ether oxygens (including phenoxy) is 1. The number of nitrogens with zero attached hydrogens (tertiary/aromatic N) is 2. The summed E-state index contributed by atoms with van der Waals surface area (Å²) >= 11 is 1.35. The molecule has 8 heteroatoms. The van der Waals surface area contributed by atoms with E-state index in [1.165, 1.54) is 11.3 Å². The number of hydrogen-bond donors (Lipinski definition) is 3. The lowest BCUT2D eigenvalue weighted by molar-refractivity contribution is 0.397. The number of fused-ring (bicyclic) bond motifs is 3. The SMILES string of the molecule is CNc1nc2[nH]c(=O)c3c(c2s1)OC(N)=C(C#N)C3c1ccccc1. The molecule has 124 valence electrons. The van der Waals surface area contributed by atoms with Gasteiger partial charge in [0.1, 0.15) is 16.3 Å². The second-order valence-electron chi connectivity index (χ2n) is 5.48. The number of pyridine rings is 1. The van der Waals surface area contributed by atoms with Gasteiger partial charge in [-0.3, -0.25) is 4.79 Å². The van der Waals surface area contributed by atoms with E-state index in [0.29, 0.717) is 26.8 Å². The highest BCUT2D eigenvalue weighted by molar-refractivity contribution is 7.22. The minimum Gasteiger partial charge on any atom is -0.438 e. The number of H-pyrrole nitrogens is 1. The summed E-state index contributed by atoms with van der Waals surface area (Å²) in [6.45, 7) is 0. The molecule has 1 unspecified atom stereocenters. The summed E-state index contributed by atoms with van der Waals surface area (Å²) in [4.78, 5) is 19.9. The maximum atomic E-state index is 12.8. The van der Waals surface area contributed by atoms with E-state index < -0.39 is 5.92 Å². The Kier molecular flexibility index (Phi) is 3.44. The third kappa shape index (κ3) is 2.25. The first-order valence-corrected chi connectivity index (χ1v) is 8.32. The molecule has 4 N–H and O–H groups in total. The van der Waals surface area contributed by atoms with Gasteiger partial charge < -0.3 is 20.8 Å². The van der Waals surface area contributed by atoms with Gasteiger partial charge >= 0.3 is 0 Å². The van der Waals surface area contributed by atoms with Crippen LogP contribution in [0.5, 0.6) is 5.75 Å². The lowest BCUT2D eigenvalue weighted by Gasteiger charge is -2.25. The van der Waals surface area contributed by atoms with Crippen molar-refractivity contribution in [1.29, 1.82) is 5.26 Å². The molecule has 25 heavy (non-hydrogen) atoms. The Bertz CT molecular complexity index is 1110. The molecule has 3 aromatic rings. The van der Waals surface area contributed by atoms with Crippen LogP contribution in [0.3, 0.4) is 0 Å². The van der Waals surface area contributed by atoms with Gasteiger partial charge in [-0.2, -0.15) is 5.26 Å². The molecule has 7 nitrogen and oxygen atoms in total. The number of benzene rings is 1. The molecule has 0 bridgehead atoms. The fourth-order valence-corrected chi connectivity index (χ4v) is 3.85. The molecule has 0 fully saturated rings. The van der Waals surface area contributed by atoms with E-state index in [-0.39, 0.29) is 17.0 Å². The van der Waals surface area contributed by atoms with Gasteiger partial charge in [0.05, 0.1) is 11.5 Å². The highest BCUT2D eigenvalue weighted by atomic mass is 32.1. The minimum atomic E-state index is -0.580. The second kappa shape index (κ2) is 5.65. The molecule has 0 amide bonds. The Hall–Kier alpha value is -3.31. The van der Waals surface area contributed by atoms with Gasteiger partial charge in [0.2, 0.25) is 5.88 Å². The quantitative estimate of drug-likeness (QED) is 0.652. The van der Waals surface area contributed by atoms with E-state index >= 15 is 0 Å². The molecule has 0 saturated carbocycles. The Morgan fingerprint density at radius 2 is 2.16 bits per heavy atom. The van der Waals surface area contributed by atoms with Crippen LogP contribution in [0.25, 0.3) is 10.3 Å². The lowest BCUT2D eigenvalue weighted by atomic mass is 9.84. The highest BCUT2D eigenvalue weighted by Gasteiger charge is 2.35. The first-order chi connectivity index (χ1) is 12.1. The summed E-state index contributed by atoms with van der Waals surface area (Å²) in [5.74, 6) is -0.207. The van der Waals surface area contributed by atoms with Gasteiger partial charge in [0, 0.05) is 7.05 Å². The smallest absolute Gasteiger partial charge is 0.257 e. The molecule has 4 rings (SSSR count). The van der Waals surface area contributed by atoms with Crippen LogP contribution in [0.4, 0.5) is 5.13 Å². The molecule has 1 atom stereocenters. The summed E-state index contributed by atoms with van der Waals surface area (Å²) in [6.07, 6.45) is 0. The maximum absolute atomic E-state index is 12.8. The lowest BCUT2D eigenvalue weighted by Crippen LogP contribution is -2.27. The monoisotopic (exact) mass is 351 g/mol. The molecule has 3 heterocycles. The standard InChI is InChI=1S/C17H13N5O2S/c1-20-17-22-15-13(25-17)12-11(16(23)21-15)10(8-5-3-2-4-6-8)9(7-18)14(19)24-12/h2-6,10H,19H2,1H3,(H2,20,21,22,23). The first-order valence-electron chi connectivity index (χ1n) is 7.51. The summed E-state index contributed by atoms with van der Waals surface area (Å²) in [6, 6.07) is 11.4. The van der Waals surface area contributed by atoms with Gasteiger partial charge in [0.25, 0.3) is 5.56 Å². The Labute approximate surface area is 146 Å². The molecule has 2 aromatic heterocycles. The first kappa shape index (κ1) is 15.2. The van der Waals surface area contributed by atoms with Crippen molar-refractivity contribution in [2.45, 2.75) is 5.92 Å². The van der Waals surface area contributed by atoms with Gasteiger partial charge in [0.15, 0.2) is 16.5 Å². The fraction of sp³-hybridized carbons (Fsp3) is 0.118. The molecule has 0 radical (unpaired) electrons. The normalized spacial score (nSPS) is 16.2. The van der Waals surface area contributed by atoms with E-state index in [0.717, 1.165) is 5.56 Å². The van der Waals surface area contributed by atoms with Crippen molar-refractivity contribution in [2.75, 3.05) is 12.4 Å². The van der Waals surface area contributed by atoms with Crippen LogP contribution in [0.15, 0.2) is 46.6 Å². The third-order valence-corrected chi connectivity index (χ3v) is 5.15. The molecule has 0 aliphatic carbocycles. The van der Waals surface area contributed by atoms with Crippen molar-refractivity contribution in [3.05, 3.63) is 63.3 Å². The molecule has 1 aliphatic rings. The molecule has 1 aliphatic heterocycles. The summed E-state index contributed by atoms with van der Waals surface area (Å²) in [7, 11) is 1.75. The number of nitrogens with two attached hydrogens (primary N) is 1. The number of aromatic amines is 1. The van der Waals surface area contributed by atoms with Crippen molar-refractivity contribution in [3.8, 4) is 11.8 Å². The molecule has 1 aromatic carbocycles. The van der Waals surface area contributed by atoms with Gasteiger partial charge in [-0.15, -0.1) is 0 Å². The van der Waals surface area contributed by atoms with E-state index in [9.17, 15) is 10.1 Å². The number of anilines is 1. The zero-order valence-electron chi connectivity index (χ0n) is 13.2. The van der Waals surface area contributed by atoms with Crippen LogP contribution in [0.1, 0.15) is 17.0 Å². The van der Waals surface area contributed by atoms with Crippen LogP contribution in [-0.2, 0) is 0 Å². The molecule has 0 spiro atoms. The summed E-state index contributed by atoms with van der Waals surface area (Å²) in [5, 5.41) is 13.2. The van der Waals surface area contributed by atoms with E-state index in [4.69, 9.17) is 10.5 Å². The second-order valence-corrected chi connectivity index (χ2v) is 6.48.